The summed E-state index contributed by atoms with van der Waals surface area (Å²) < 4.78 is 33.1. The van der Waals surface area contributed by atoms with Gasteiger partial charge in [0.15, 0.2) is 12.7 Å². The van der Waals surface area contributed by atoms with Crippen molar-refractivity contribution in [2.75, 3.05) is 7.05 Å². The van der Waals surface area contributed by atoms with E-state index >= 15 is 0 Å². The van der Waals surface area contributed by atoms with Gasteiger partial charge in [0, 0.05) is 13.1 Å². The molecule has 23 heavy (non-hydrogen) atoms. The van der Waals surface area contributed by atoms with E-state index in [0.717, 1.165) is 0 Å². The highest BCUT2D eigenvalue weighted by Crippen LogP contribution is 2.11. The summed E-state index contributed by atoms with van der Waals surface area (Å²) in [6.45, 7) is 2.01. The third-order valence-electron chi connectivity index (χ3n) is 2.34. The second-order valence-electron chi connectivity index (χ2n) is 4.09. The van der Waals surface area contributed by atoms with E-state index in [0.29, 0.717) is 17.8 Å². The zero-order valence-electron chi connectivity index (χ0n) is 12.2. The standard InChI is InChI=1S/C10H13N3O3.C2HF3O2/c1-7-8(10(16)11-2)3-5-13(12-7)6-4-9(14)15;3-2(4,5)1(6)7/h3,5H,4,6H2,1-2H3,(H-,11,14,15,16);(H,6,7). The van der Waals surface area contributed by atoms with Gasteiger partial charge in [-0.25, -0.2) is 0 Å². The van der Waals surface area contributed by atoms with Crippen molar-refractivity contribution in [3.8, 4) is 0 Å². The van der Waals surface area contributed by atoms with Crippen molar-refractivity contribution < 1.29 is 42.4 Å². The molecule has 0 atom stereocenters. The van der Waals surface area contributed by atoms with Gasteiger partial charge in [0.1, 0.15) is 18.1 Å². The number of carboxylic acid groups (broad SMARTS) is 2. The van der Waals surface area contributed by atoms with E-state index in [1.807, 2.05) is 0 Å². The third kappa shape index (κ3) is 7.74. The molecule has 8 nitrogen and oxygen atoms in total. The fraction of sp³-hybridized carbons (Fsp3) is 0.417. The van der Waals surface area contributed by atoms with Crippen molar-refractivity contribution >= 4 is 17.8 Å². The van der Waals surface area contributed by atoms with Gasteiger partial charge in [-0.2, -0.15) is 13.2 Å². The number of carboxylic acids is 2. The topological polar surface area (TPSA) is 123 Å². The predicted octanol–water partition coefficient (Wildman–Crippen LogP) is -1.19. The van der Waals surface area contributed by atoms with Gasteiger partial charge >= 0.3 is 12.1 Å². The Balaban J connectivity index is 0.000000585. The molecule has 0 aromatic carbocycles. The van der Waals surface area contributed by atoms with Gasteiger partial charge in [-0.1, -0.05) is 4.68 Å². The number of hydrogen-bond acceptors (Lipinski definition) is 5. The quantitative estimate of drug-likeness (QED) is 0.666. The highest BCUT2D eigenvalue weighted by molar-refractivity contribution is 5.94. The number of rotatable bonds is 4. The van der Waals surface area contributed by atoms with Gasteiger partial charge in [-0.15, -0.1) is 0 Å². The van der Waals surface area contributed by atoms with E-state index in [-0.39, 0.29) is 12.3 Å². The molecule has 11 heteroatoms. The minimum atomic E-state index is -5.19. The maximum absolute atomic E-state index is 11.4. The molecular weight excluding hydrogens is 323 g/mol. The lowest BCUT2D eigenvalue weighted by molar-refractivity contribution is -0.753. The maximum atomic E-state index is 11.4. The largest absolute Gasteiger partial charge is 0.542 e. The van der Waals surface area contributed by atoms with Crippen LogP contribution in [0.15, 0.2) is 12.3 Å². The van der Waals surface area contributed by atoms with Crippen LogP contribution in [-0.2, 0) is 16.1 Å². The number of halogens is 3. The molecule has 0 radical (unpaired) electrons. The SMILES string of the molecule is CNC(=O)c1cc[n+](CCC(=O)O)nc1C.O=C([O-])C(F)(F)F. The van der Waals surface area contributed by atoms with E-state index in [1.165, 1.54) is 4.68 Å². The molecule has 1 rings (SSSR count). The molecule has 1 heterocycles. The Labute approximate surface area is 128 Å². The molecule has 1 amide bonds. The van der Waals surface area contributed by atoms with Crippen LogP contribution < -0.4 is 15.1 Å². The Morgan fingerprint density at radius 3 is 2.26 bits per heavy atom. The Morgan fingerprint density at radius 2 is 1.91 bits per heavy atom. The smallest absolute Gasteiger partial charge is 0.430 e. The van der Waals surface area contributed by atoms with Gasteiger partial charge in [0.05, 0.1) is 5.56 Å². The molecule has 0 saturated carbocycles. The van der Waals surface area contributed by atoms with Crippen LogP contribution in [0.5, 0.6) is 0 Å². The van der Waals surface area contributed by atoms with Gasteiger partial charge in [-0.05, 0) is 12.0 Å². The second-order valence-corrected chi connectivity index (χ2v) is 4.09. The minimum Gasteiger partial charge on any atom is -0.542 e. The fourth-order valence-corrected chi connectivity index (χ4v) is 1.27. The monoisotopic (exact) mass is 337 g/mol. The Bertz CT molecular complexity index is 590. The molecule has 0 aliphatic heterocycles. The van der Waals surface area contributed by atoms with Crippen molar-refractivity contribution in [3.63, 3.8) is 0 Å². The second kappa shape index (κ2) is 8.66. The van der Waals surface area contributed by atoms with Crippen LogP contribution in [0.25, 0.3) is 0 Å². The van der Waals surface area contributed by atoms with Crippen LogP contribution in [0.4, 0.5) is 13.2 Å². The van der Waals surface area contributed by atoms with E-state index in [9.17, 15) is 22.8 Å². The van der Waals surface area contributed by atoms with E-state index in [4.69, 9.17) is 15.0 Å². The van der Waals surface area contributed by atoms with Crippen LogP contribution in [0.2, 0.25) is 0 Å². The summed E-state index contributed by atoms with van der Waals surface area (Å²) in [4.78, 5) is 30.5. The maximum Gasteiger partial charge on any atom is 0.430 e. The highest BCUT2D eigenvalue weighted by Gasteiger charge is 2.28. The lowest BCUT2D eigenvalue weighted by Crippen LogP contribution is -2.40. The van der Waals surface area contributed by atoms with Crippen molar-refractivity contribution in [2.24, 2.45) is 0 Å². The molecule has 0 spiro atoms. The lowest BCUT2D eigenvalue weighted by atomic mass is 10.2. The minimum absolute atomic E-state index is 0.0103. The predicted molar refractivity (Wildman–Crippen MR) is 65.9 cm³/mol. The number of alkyl halides is 3. The zero-order valence-corrected chi connectivity index (χ0v) is 12.2. The number of carbonyl (C=O) groups is 3. The average molecular weight is 337 g/mol. The third-order valence-corrected chi connectivity index (χ3v) is 2.34. The Kier molecular flexibility index (Phi) is 7.63. The van der Waals surface area contributed by atoms with Crippen molar-refractivity contribution in [1.82, 2.24) is 10.4 Å². The molecule has 0 fully saturated rings. The average Bonchev–Trinajstić information content (AvgIpc) is 2.44. The first kappa shape index (κ1) is 20.3. The van der Waals surface area contributed by atoms with Crippen molar-refractivity contribution in [1.29, 1.82) is 0 Å². The summed E-state index contributed by atoms with van der Waals surface area (Å²) in [5.41, 5.74) is 1.07. The number of carbonyl (C=O) groups excluding carboxylic acids is 2. The molecule has 0 unspecified atom stereocenters. The summed E-state index contributed by atoms with van der Waals surface area (Å²) >= 11 is 0. The molecule has 1 aromatic rings. The zero-order chi connectivity index (χ0) is 18.2. The summed E-state index contributed by atoms with van der Waals surface area (Å²) in [6, 6.07) is 1.63. The highest BCUT2D eigenvalue weighted by atomic mass is 19.4. The molecule has 0 saturated heterocycles. The Hall–Kier alpha value is -2.72. The number of nitrogens with zero attached hydrogens (tertiary/aromatic N) is 2. The first-order valence-electron chi connectivity index (χ1n) is 6.08. The molecule has 0 aliphatic rings. The van der Waals surface area contributed by atoms with Gasteiger partial charge in [0.2, 0.25) is 0 Å². The van der Waals surface area contributed by atoms with Gasteiger partial charge in [0.25, 0.3) is 5.91 Å². The number of hydrogen-bond donors (Lipinski definition) is 2. The number of aliphatic carboxylic acids is 2. The summed E-state index contributed by atoms with van der Waals surface area (Å²) in [5, 5.41) is 23.9. The van der Waals surface area contributed by atoms with E-state index in [1.54, 1.807) is 26.2 Å². The Morgan fingerprint density at radius 1 is 1.39 bits per heavy atom. The summed E-state index contributed by atoms with van der Waals surface area (Å²) in [7, 11) is 1.55. The molecule has 1 aromatic heterocycles. The van der Waals surface area contributed by atoms with Crippen LogP contribution in [-0.4, -0.2) is 41.3 Å². The van der Waals surface area contributed by atoms with E-state index in [2.05, 4.69) is 10.4 Å². The molecule has 0 aliphatic carbocycles. The summed E-state index contributed by atoms with van der Waals surface area (Å²) in [5.74, 6) is -4.08. The van der Waals surface area contributed by atoms with Crippen LogP contribution in [0, 0.1) is 6.92 Å². The van der Waals surface area contributed by atoms with Crippen LogP contribution >= 0.6 is 0 Å². The number of nitrogens with one attached hydrogen (secondary N) is 1. The lowest BCUT2D eigenvalue weighted by Gasteiger charge is -2.03. The van der Waals surface area contributed by atoms with Crippen molar-refractivity contribution in [3.05, 3.63) is 23.5 Å². The summed E-state index contributed by atoms with van der Waals surface area (Å²) in [6.07, 6.45) is -3.59. The first-order chi connectivity index (χ1) is 10.5. The van der Waals surface area contributed by atoms with Crippen LogP contribution in [0.3, 0.4) is 0 Å². The number of aromatic nitrogens is 2. The molecule has 2 N–H and O–H groups in total. The van der Waals surface area contributed by atoms with E-state index < -0.39 is 18.1 Å². The molecule has 0 bridgehead atoms. The van der Waals surface area contributed by atoms with Gasteiger partial charge < -0.3 is 20.3 Å². The number of amides is 1. The molecular formula is C12H14F3N3O5. The van der Waals surface area contributed by atoms with Crippen LogP contribution in [0.1, 0.15) is 22.5 Å². The van der Waals surface area contributed by atoms with Crippen molar-refractivity contribution in [2.45, 2.75) is 26.1 Å². The normalized spacial score (nSPS) is 10.3. The molecule has 128 valence electrons. The fourth-order valence-electron chi connectivity index (χ4n) is 1.27. The number of aryl methyl sites for hydroxylation is 2. The van der Waals surface area contributed by atoms with Gasteiger partial charge in [-0.3, -0.25) is 9.59 Å². The first-order valence-corrected chi connectivity index (χ1v) is 6.08.